The maximum Gasteiger partial charge on any atom is 0.157 e. The van der Waals surface area contributed by atoms with Gasteiger partial charge in [0.25, 0.3) is 0 Å². The minimum absolute atomic E-state index is 0.0322. The summed E-state index contributed by atoms with van der Waals surface area (Å²) in [5.41, 5.74) is 1.46. The fourth-order valence-electron chi connectivity index (χ4n) is 5.74. The van der Waals surface area contributed by atoms with Gasteiger partial charge in [-0.25, -0.2) is 0 Å². The van der Waals surface area contributed by atoms with Crippen molar-refractivity contribution in [1.29, 1.82) is 0 Å². The lowest BCUT2D eigenvalue weighted by Gasteiger charge is -2.37. The van der Waals surface area contributed by atoms with Crippen molar-refractivity contribution in [3.05, 3.63) is 47.5 Å². The molecule has 0 radical (unpaired) electrons. The van der Waals surface area contributed by atoms with E-state index in [9.17, 15) is 0 Å². The summed E-state index contributed by atoms with van der Waals surface area (Å²) < 4.78 is 12.3. The molecule has 160 valence electrons. The Hall–Kier alpha value is -0.830. The molecule has 0 amide bonds. The predicted octanol–water partition coefficient (Wildman–Crippen LogP) is 7.38. The third-order valence-electron chi connectivity index (χ3n) is 7.81. The zero-order chi connectivity index (χ0) is 20.1. The molecule has 0 bridgehead atoms. The molecule has 4 rings (SSSR count). The van der Waals surface area contributed by atoms with E-state index in [1.54, 1.807) is 0 Å². The molecule has 3 heteroatoms. The summed E-state index contributed by atoms with van der Waals surface area (Å²) in [6, 6.07) is 8.47. The minimum atomic E-state index is 0.0322. The number of rotatable bonds is 6. The van der Waals surface area contributed by atoms with E-state index in [0.717, 1.165) is 42.4 Å². The van der Waals surface area contributed by atoms with Gasteiger partial charge in [0.05, 0.1) is 13.2 Å². The van der Waals surface area contributed by atoms with Gasteiger partial charge >= 0.3 is 0 Å². The van der Waals surface area contributed by atoms with Crippen LogP contribution in [0.5, 0.6) is 0 Å². The van der Waals surface area contributed by atoms with Crippen LogP contribution >= 0.6 is 11.6 Å². The van der Waals surface area contributed by atoms with Crippen molar-refractivity contribution < 1.29 is 9.47 Å². The van der Waals surface area contributed by atoms with Crippen LogP contribution in [0.2, 0.25) is 5.02 Å². The minimum Gasteiger partial charge on any atom is -0.352 e. The van der Waals surface area contributed by atoms with Gasteiger partial charge in [0.15, 0.2) is 6.29 Å². The number of benzene rings is 1. The Balaban J connectivity index is 1.13. The first-order valence-electron chi connectivity index (χ1n) is 11.8. The molecule has 1 aromatic carbocycles. The third kappa shape index (κ3) is 5.87. The van der Waals surface area contributed by atoms with E-state index in [-0.39, 0.29) is 6.29 Å². The molecule has 3 fully saturated rings. The molecule has 29 heavy (non-hydrogen) atoms. The van der Waals surface area contributed by atoms with E-state index >= 15 is 0 Å². The molecule has 1 aliphatic heterocycles. The highest BCUT2D eigenvalue weighted by atomic mass is 35.5. The van der Waals surface area contributed by atoms with Crippen LogP contribution in [0.15, 0.2) is 36.9 Å². The first-order chi connectivity index (χ1) is 14.2. The predicted molar refractivity (Wildman–Crippen MR) is 120 cm³/mol. The van der Waals surface area contributed by atoms with Gasteiger partial charge in [-0.2, -0.15) is 0 Å². The highest BCUT2D eigenvalue weighted by molar-refractivity contribution is 6.30. The van der Waals surface area contributed by atoms with Crippen LogP contribution in [0.25, 0.3) is 0 Å². The quantitative estimate of drug-likeness (QED) is 0.450. The molecule has 2 nitrogen and oxygen atoms in total. The van der Waals surface area contributed by atoms with Crippen LogP contribution in [0.1, 0.15) is 75.7 Å². The lowest BCUT2D eigenvalue weighted by atomic mass is 9.76. The van der Waals surface area contributed by atoms with Crippen LogP contribution in [0.3, 0.4) is 0 Å². The molecule has 0 N–H and O–H groups in total. The molecule has 3 aliphatic rings. The van der Waals surface area contributed by atoms with Crippen LogP contribution < -0.4 is 0 Å². The molecule has 2 saturated carbocycles. The molecule has 1 saturated heterocycles. The van der Waals surface area contributed by atoms with E-state index in [2.05, 4.69) is 24.8 Å². The zero-order valence-corrected chi connectivity index (χ0v) is 18.5. The number of hydrogen-bond acceptors (Lipinski definition) is 2. The fourth-order valence-corrected chi connectivity index (χ4v) is 5.87. The Morgan fingerprint density at radius 2 is 1.48 bits per heavy atom. The number of hydrogen-bond donors (Lipinski definition) is 0. The van der Waals surface area contributed by atoms with Crippen LogP contribution in [0, 0.1) is 23.7 Å². The first kappa shape index (κ1) is 21.4. The molecule has 0 unspecified atom stereocenters. The molecule has 2 aliphatic carbocycles. The van der Waals surface area contributed by atoms with Crippen molar-refractivity contribution >= 4 is 11.6 Å². The average molecular weight is 417 g/mol. The molecule has 1 heterocycles. The van der Waals surface area contributed by atoms with Gasteiger partial charge in [-0.1, -0.05) is 29.8 Å². The van der Waals surface area contributed by atoms with Crippen molar-refractivity contribution in [1.82, 2.24) is 0 Å². The molecule has 0 atom stereocenters. The fraction of sp³-hybridized carbons (Fsp3) is 0.692. The monoisotopic (exact) mass is 416 g/mol. The van der Waals surface area contributed by atoms with Crippen molar-refractivity contribution in [3.8, 4) is 0 Å². The second-order valence-corrected chi connectivity index (χ2v) is 10.0. The Morgan fingerprint density at radius 3 is 2.10 bits per heavy atom. The Morgan fingerprint density at radius 1 is 0.828 bits per heavy atom. The van der Waals surface area contributed by atoms with Crippen molar-refractivity contribution in [2.75, 3.05) is 13.2 Å². The second-order valence-electron chi connectivity index (χ2n) is 9.61. The summed E-state index contributed by atoms with van der Waals surface area (Å²) in [6.07, 6.45) is 15.0. The summed E-state index contributed by atoms with van der Waals surface area (Å²) in [5.74, 6) is 3.67. The Kier molecular flexibility index (Phi) is 7.72. The van der Waals surface area contributed by atoms with Crippen molar-refractivity contribution in [3.63, 3.8) is 0 Å². The summed E-state index contributed by atoms with van der Waals surface area (Å²) in [4.78, 5) is 0. The SMILES string of the molecule is C=C[C@H]1CC[C@H]([C@H]2CO[C@H](CC[C@H]3CC[C@H](c4ccc(Cl)cc4)CC3)OC2)CC1. The summed E-state index contributed by atoms with van der Waals surface area (Å²) >= 11 is 6.03. The molecule has 1 aromatic rings. The van der Waals surface area contributed by atoms with Crippen LogP contribution in [-0.2, 0) is 9.47 Å². The van der Waals surface area contributed by atoms with Crippen molar-refractivity contribution in [2.45, 2.75) is 76.4 Å². The standard InChI is InChI=1S/C26H37ClO2/c1-2-19-3-8-23(9-4-19)24-17-28-26(29-18-24)16-7-20-5-10-21(11-6-20)22-12-14-25(27)15-13-22/h2,12-15,19-21,23-24,26H,1,3-11,16-18H2/t19-,20-,21-,23-,24-,26-. The molecular formula is C26H37ClO2. The zero-order valence-electron chi connectivity index (χ0n) is 17.7. The lowest BCUT2D eigenvalue weighted by molar-refractivity contribution is -0.213. The third-order valence-corrected chi connectivity index (χ3v) is 8.06. The highest BCUT2D eigenvalue weighted by Crippen LogP contribution is 2.39. The number of ether oxygens (including phenoxy) is 2. The van der Waals surface area contributed by atoms with Gasteiger partial charge in [-0.05, 0) is 106 Å². The summed E-state index contributed by atoms with van der Waals surface area (Å²) in [7, 11) is 0. The van der Waals surface area contributed by atoms with E-state index < -0.39 is 0 Å². The number of halogens is 1. The van der Waals surface area contributed by atoms with E-state index in [4.69, 9.17) is 21.1 Å². The molecule has 0 aromatic heterocycles. The topological polar surface area (TPSA) is 18.5 Å². The van der Waals surface area contributed by atoms with Gasteiger partial charge < -0.3 is 9.47 Å². The Labute approximate surface area is 182 Å². The maximum atomic E-state index is 6.13. The van der Waals surface area contributed by atoms with Gasteiger partial charge in [0, 0.05) is 10.9 Å². The van der Waals surface area contributed by atoms with Crippen LogP contribution in [0.4, 0.5) is 0 Å². The number of allylic oxidation sites excluding steroid dienone is 1. The summed E-state index contributed by atoms with van der Waals surface area (Å²) in [5, 5.41) is 0.835. The van der Waals surface area contributed by atoms with Gasteiger partial charge in [0.2, 0.25) is 0 Å². The maximum absolute atomic E-state index is 6.13. The summed E-state index contributed by atoms with van der Waals surface area (Å²) in [6.45, 7) is 5.76. The average Bonchev–Trinajstić information content (AvgIpc) is 2.79. The van der Waals surface area contributed by atoms with Gasteiger partial charge in [-0.15, -0.1) is 6.58 Å². The lowest BCUT2D eigenvalue weighted by Crippen LogP contribution is -2.37. The van der Waals surface area contributed by atoms with E-state index in [1.807, 2.05) is 12.1 Å². The highest BCUT2D eigenvalue weighted by Gasteiger charge is 2.32. The smallest absolute Gasteiger partial charge is 0.157 e. The molecular weight excluding hydrogens is 380 g/mol. The second kappa shape index (κ2) is 10.5. The van der Waals surface area contributed by atoms with E-state index in [1.165, 1.54) is 63.4 Å². The van der Waals surface area contributed by atoms with Crippen molar-refractivity contribution in [2.24, 2.45) is 23.7 Å². The normalized spacial score (nSPS) is 35.9. The van der Waals surface area contributed by atoms with Gasteiger partial charge in [-0.3, -0.25) is 0 Å². The van der Waals surface area contributed by atoms with Gasteiger partial charge in [0.1, 0.15) is 0 Å². The first-order valence-corrected chi connectivity index (χ1v) is 12.2. The van der Waals surface area contributed by atoms with Crippen LogP contribution in [-0.4, -0.2) is 19.5 Å². The Bertz CT molecular complexity index is 619. The molecule has 0 spiro atoms. The largest absolute Gasteiger partial charge is 0.352 e. The van der Waals surface area contributed by atoms with E-state index in [0.29, 0.717) is 11.8 Å².